The third-order valence-corrected chi connectivity index (χ3v) is 4.20. The number of carbonyl (C=O) groups is 2. The SMILES string of the molecule is O=C(NNC(=O)C1COC2C=CC=CC2O1)C1COc2ccccc2O1. The van der Waals surface area contributed by atoms with E-state index in [0.717, 1.165) is 0 Å². The number of benzene rings is 1. The Bertz CT molecular complexity index is 762. The van der Waals surface area contributed by atoms with Crippen molar-refractivity contribution in [1.82, 2.24) is 10.9 Å². The van der Waals surface area contributed by atoms with Crippen LogP contribution in [0.25, 0.3) is 0 Å². The molecule has 2 amide bonds. The number of hydrogen-bond donors (Lipinski definition) is 2. The van der Waals surface area contributed by atoms with Crippen LogP contribution < -0.4 is 20.3 Å². The third-order valence-electron chi connectivity index (χ3n) is 4.20. The summed E-state index contributed by atoms with van der Waals surface area (Å²) in [6.07, 6.45) is 5.24. The molecule has 0 bridgehead atoms. The fraction of sp³-hybridized carbons (Fsp3) is 0.333. The molecule has 1 aromatic rings. The highest BCUT2D eigenvalue weighted by molar-refractivity contribution is 5.87. The topological polar surface area (TPSA) is 95.1 Å². The maximum atomic E-state index is 12.2. The van der Waals surface area contributed by atoms with E-state index in [4.69, 9.17) is 18.9 Å². The first-order valence-corrected chi connectivity index (χ1v) is 8.31. The summed E-state index contributed by atoms with van der Waals surface area (Å²) < 4.78 is 22.4. The van der Waals surface area contributed by atoms with Gasteiger partial charge in [-0.15, -0.1) is 0 Å². The lowest BCUT2D eigenvalue weighted by molar-refractivity contribution is -0.169. The van der Waals surface area contributed by atoms with Crippen molar-refractivity contribution in [1.29, 1.82) is 0 Å². The minimum absolute atomic E-state index is 0.0582. The van der Waals surface area contributed by atoms with Crippen LogP contribution in [0.15, 0.2) is 48.6 Å². The zero-order valence-corrected chi connectivity index (χ0v) is 13.8. The molecule has 8 heteroatoms. The van der Waals surface area contributed by atoms with Gasteiger partial charge in [0.1, 0.15) is 18.8 Å². The lowest BCUT2D eigenvalue weighted by atomic mass is 10.1. The first-order valence-electron chi connectivity index (χ1n) is 8.31. The second kappa shape index (κ2) is 7.19. The van der Waals surface area contributed by atoms with Crippen LogP contribution in [0.5, 0.6) is 11.5 Å². The van der Waals surface area contributed by atoms with Crippen molar-refractivity contribution in [3.8, 4) is 11.5 Å². The predicted octanol–water partition coefficient (Wildman–Crippen LogP) is 0.252. The number of ether oxygens (including phenoxy) is 4. The maximum Gasteiger partial charge on any atom is 0.283 e. The van der Waals surface area contributed by atoms with Crippen LogP contribution in [0.3, 0.4) is 0 Å². The van der Waals surface area contributed by atoms with Crippen molar-refractivity contribution in [3.63, 3.8) is 0 Å². The molecule has 4 rings (SSSR count). The second-order valence-electron chi connectivity index (χ2n) is 6.00. The molecule has 1 aromatic carbocycles. The van der Waals surface area contributed by atoms with Crippen molar-refractivity contribution in [2.75, 3.05) is 13.2 Å². The molecule has 2 aliphatic heterocycles. The van der Waals surface area contributed by atoms with Gasteiger partial charge in [0.05, 0.1) is 6.61 Å². The Hall–Kier alpha value is -2.84. The van der Waals surface area contributed by atoms with Gasteiger partial charge in [0, 0.05) is 0 Å². The van der Waals surface area contributed by atoms with Gasteiger partial charge in [0.15, 0.2) is 17.6 Å². The van der Waals surface area contributed by atoms with E-state index in [1.165, 1.54) is 0 Å². The van der Waals surface area contributed by atoms with Crippen molar-refractivity contribution in [2.24, 2.45) is 0 Å². The van der Waals surface area contributed by atoms with Gasteiger partial charge in [-0.1, -0.05) is 36.4 Å². The van der Waals surface area contributed by atoms with Crippen LogP contribution in [-0.4, -0.2) is 49.4 Å². The van der Waals surface area contributed by atoms with E-state index >= 15 is 0 Å². The number of allylic oxidation sites excluding steroid dienone is 2. The molecule has 0 saturated carbocycles. The summed E-state index contributed by atoms with van der Waals surface area (Å²) in [5.41, 5.74) is 4.69. The molecule has 2 N–H and O–H groups in total. The van der Waals surface area contributed by atoms with Crippen molar-refractivity contribution in [2.45, 2.75) is 24.4 Å². The number of hydrogen-bond acceptors (Lipinski definition) is 6. The van der Waals surface area contributed by atoms with Gasteiger partial charge in [0.2, 0.25) is 6.10 Å². The number of carbonyl (C=O) groups excluding carboxylic acids is 2. The molecule has 8 nitrogen and oxygen atoms in total. The highest BCUT2D eigenvalue weighted by Crippen LogP contribution is 2.30. The van der Waals surface area contributed by atoms with Gasteiger partial charge in [0.25, 0.3) is 11.8 Å². The standard InChI is InChI=1S/C18H18N2O6/c21-17(15-9-23-11-5-1-3-7-13(11)25-15)19-20-18(22)16-10-24-12-6-2-4-8-14(12)26-16/h1-8,11,13,15-16H,9-10H2,(H,19,21)(H,20,22). The Morgan fingerprint density at radius 3 is 2.38 bits per heavy atom. The smallest absolute Gasteiger partial charge is 0.283 e. The Morgan fingerprint density at radius 1 is 0.885 bits per heavy atom. The normalized spacial score (nSPS) is 28.8. The average molecular weight is 358 g/mol. The summed E-state index contributed by atoms with van der Waals surface area (Å²) >= 11 is 0. The molecule has 1 aliphatic carbocycles. The molecule has 26 heavy (non-hydrogen) atoms. The molecule has 4 atom stereocenters. The molecular weight excluding hydrogens is 340 g/mol. The molecule has 0 aromatic heterocycles. The molecule has 136 valence electrons. The van der Waals surface area contributed by atoms with E-state index in [2.05, 4.69) is 10.9 Å². The molecule has 1 fully saturated rings. The Morgan fingerprint density at radius 2 is 1.58 bits per heavy atom. The molecule has 1 saturated heterocycles. The second-order valence-corrected chi connectivity index (χ2v) is 6.00. The molecule has 0 spiro atoms. The van der Waals surface area contributed by atoms with E-state index in [1.807, 2.05) is 30.4 Å². The minimum Gasteiger partial charge on any atom is -0.485 e. The minimum atomic E-state index is -0.857. The molecule has 2 heterocycles. The number of nitrogens with one attached hydrogen (secondary N) is 2. The van der Waals surface area contributed by atoms with Gasteiger partial charge >= 0.3 is 0 Å². The number of rotatable bonds is 2. The molecular formula is C18H18N2O6. The van der Waals surface area contributed by atoms with E-state index in [1.54, 1.807) is 18.2 Å². The van der Waals surface area contributed by atoms with Gasteiger partial charge in [-0.2, -0.15) is 0 Å². The lowest BCUT2D eigenvalue weighted by Gasteiger charge is -2.34. The summed E-state index contributed by atoms with van der Waals surface area (Å²) in [6.45, 7) is 0.167. The maximum absolute atomic E-state index is 12.2. The van der Waals surface area contributed by atoms with E-state index in [0.29, 0.717) is 11.5 Å². The van der Waals surface area contributed by atoms with Crippen LogP contribution in [0, 0.1) is 0 Å². The quantitative estimate of drug-likeness (QED) is 0.736. The number of para-hydroxylation sites is 2. The van der Waals surface area contributed by atoms with Crippen molar-refractivity contribution >= 4 is 11.8 Å². The van der Waals surface area contributed by atoms with Crippen LogP contribution in [0.1, 0.15) is 0 Å². The third kappa shape index (κ3) is 3.42. The van der Waals surface area contributed by atoms with Crippen LogP contribution >= 0.6 is 0 Å². The highest BCUT2D eigenvalue weighted by atomic mass is 16.6. The average Bonchev–Trinajstić information content (AvgIpc) is 2.71. The van der Waals surface area contributed by atoms with E-state index < -0.39 is 24.0 Å². The predicted molar refractivity (Wildman–Crippen MR) is 89.3 cm³/mol. The van der Waals surface area contributed by atoms with Crippen molar-refractivity contribution < 1.29 is 28.5 Å². The fourth-order valence-corrected chi connectivity index (χ4v) is 2.84. The van der Waals surface area contributed by atoms with Gasteiger partial charge in [-0.3, -0.25) is 20.4 Å². The first-order chi connectivity index (χ1) is 12.7. The van der Waals surface area contributed by atoms with Gasteiger partial charge in [-0.25, -0.2) is 0 Å². The zero-order valence-electron chi connectivity index (χ0n) is 13.8. The zero-order chi connectivity index (χ0) is 17.9. The Labute approximate surface area is 149 Å². The Balaban J connectivity index is 1.27. The highest BCUT2D eigenvalue weighted by Gasteiger charge is 2.34. The fourth-order valence-electron chi connectivity index (χ4n) is 2.84. The van der Waals surface area contributed by atoms with Crippen LogP contribution in [-0.2, 0) is 19.1 Å². The largest absolute Gasteiger partial charge is 0.485 e. The lowest BCUT2D eigenvalue weighted by Crippen LogP contribution is -2.56. The molecule has 4 unspecified atom stereocenters. The molecule has 0 radical (unpaired) electrons. The Kier molecular flexibility index (Phi) is 4.59. The van der Waals surface area contributed by atoms with E-state index in [9.17, 15) is 9.59 Å². The van der Waals surface area contributed by atoms with E-state index in [-0.39, 0.29) is 25.4 Å². The first kappa shape index (κ1) is 16.6. The summed E-state index contributed by atoms with van der Waals surface area (Å²) in [7, 11) is 0. The monoisotopic (exact) mass is 358 g/mol. The molecule has 3 aliphatic rings. The number of amides is 2. The van der Waals surface area contributed by atoms with Gasteiger partial charge in [-0.05, 0) is 12.1 Å². The summed E-state index contributed by atoms with van der Waals surface area (Å²) in [4.78, 5) is 24.4. The summed E-state index contributed by atoms with van der Waals surface area (Å²) in [6, 6.07) is 7.07. The number of hydrazine groups is 1. The summed E-state index contributed by atoms with van der Waals surface area (Å²) in [5, 5.41) is 0. The van der Waals surface area contributed by atoms with Crippen LogP contribution in [0.2, 0.25) is 0 Å². The number of fused-ring (bicyclic) bond motifs is 2. The van der Waals surface area contributed by atoms with Gasteiger partial charge < -0.3 is 18.9 Å². The van der Waals surface area contributed by atoms with Crippen molar-refractivity contribution in [3.05, 3.63) is 48.6 Å². The van der Waals surface area contributed by atoms with Crippen LogP contribution in [0.4, 0.5) is 0 Å². The summed E-state index contributed by atoms with van der Waals surface area (Å²) in [5.74, 6) is 0.0646.